The zero-order chi connectivity index (χ0) is 12.9. The van der Waals surface area contributed by atoms with Crippen LogP contribution in [0.3, 0.4) is 0 Å². The molecular formula is C9H5Cl5O2. The van der Waals surface area contributed by atoms with Crippen LogP contribution in [0.25, 0.3) is 0 Å². The van der Waals surface area contributed by atoms with Crippen LogP contribution >= 0.6 is 58.0 Å². The molecular weight excluding hydrogens is 317 g/mol. The van der Waals surface area contributed by atoms with Crippen molar-refractivity contribution in [1.29, 1.82) is 0 Å². The van der Waals surface area contributed by atoms with Gasteiger partial charge in [-0.2, -0.15) is 0 Å². The second kappa shape index (κ2) is 7.25. The molecule has 0 unspecified atom stereocenters. The maximum absolute atomic E-state index is 9.25. The first-order valence-corrected chi connectivity index (χ1v) is 5.54. The van der Waals surface area contributed by atoms with Gasteiger partial charge in [0.2, 0.25) is 0 Å². The molecule has 0 atom stereocenters. The van der Waals surface area contributed by atoms with Gasteiger partial charge in [-0.05, 0) is 6.07 Å². The molecule has 0 fully saturated rings. The lowest BCUT2D eigenvalue weighted by atomic mass is 10.3. The Morgan fingerprint density at radius 2 is 1.38 bits per heavy atom. The summed E-state index contributed by atoms with van der Waals surface area (Å²) < 4.78 is 0. The number of hydrogen-bond acceptors (Lipinski definition) is 1. The quantitative estimate of drug-likeness (QED) is 0.438. The molecule has 7 heteroatoms. The van der Waals surface area contributed by atoms with Gasteiger partial charge in [-0.1, -0.05) is 64.6 Å². The van der Waals surface area contributed by atoms with Crippen LogP contribution in [0.5, 0.6) is 0 Å². The first-order chi connectivity index (χ1) is 7.31. The van der Waals surface area contributed by atoms with Gasteiger partial charge >= 0.3 is 5.97 Å². The van der Waals surface area contributed by atoms with E-state index in [2.05, 4.69) is 6.58 Å². The van der Waals surface area contributed by atoms with Crippen molar-refractivity contribution in [3.63, 3.8) is 0 Å². The number of rotatable bonds is 1. The second-order valence-corrected chi connectivity index (χ2v) is 4.27. The molecule has 0 amide bonds. The maximum atomic E-state index is 9.25. The SMILES string of the molecule is C=CC(=O)O.Clc1cc(Cl)c(Cl)c(Cl)c1Cl. The minimum atomic E-state index is -0.981. The fraction of sp³-hybridized carbons (Fsp3) is 0. The third kappa shape index (κ3) is 4.81. The Balaban J connectivity index is 0.000000385. The zero-order valence-corrected chi connectivity index (χ0v) is 11.4. The number of halogens is 5. The molecule has 16 heavy (non-hydrogen) atoms. The van der Waals surface area contributed by atoms with Crippen molar-refractivity contribution in [3.8, 4) is 0 Å². The van der Waals surface area contributed by atoms with Crippen LogP contribution < -0.4 is 0 Å². The molecule has 88 valence electrons. The Kier molecular flexibility index (Phi) is 7.20. The van der Waals surface area contributed by atoms with Crippen molar-refractivity contribution in [3.05, 3.63) is 43.8 Å². The molecule has 1 rings (SSSR count). The Bertz CT molecular complexity index is 391. The number of benzene rings is 1. The van der Waals surface area contributed by atoms with Gasteiger partial charge in [0.1, 0.15) is 0 Å². The Morgan fingerprint density at radius 3 is 1.62 bits per heavy atom. The molecule has 0 saturated carbocycles. The first kappa shape index (κ1) is 15.9. The number of carbonyl (C=O) groups is 1. The zero-order valence-electron chi connectivity index (χ0n) is 7.61. The average Bonchev–Trinajstić information content (AvgIpc) is 2.24. The van der Waals surface area contributed by atoms with Crippen molar-refractivity contribution < 1.29 is 9.90 Å². The summed E-state index contributed by atoms with van der Waals surface area (Å²) in [5, 5.41) is 8.83. The molecule has 0 spiro atoms. The van der Waals surface area contributed by atoms with E-state index in [1.165, 1.54) is 6.07 Å². The van der Waals surface area contributed by atoms with E-state index >= 15 is 0 Å². The van der Waals surface area contributed by atoms with Crippen LogP contribution in [0.15, 0.2) is 18.7 Å². The van der Waals surface area contributed by atoms with Gasteiger partial charge in [-0.25, -0.2) is 4.79 Å². The maximum Gasteiger partial charge on any atom is 0.327 e. The number of carboxylic acids is 1. The van der Waals surface area contributed by atoms with Gasteiger partial charge in [0.05, 0.1) is 25.1 Å². The van der Waals surface area contributed by atoms with Gasteiger partial charge in [-0.3, -0.25) is 0 Å². The van der Waals surface area contributed by atoms with Crippen LogP contribution in [0.1, 0.15) is 0 Å². The molecule has 1 N–H and O–H groups in total. The molecule has 0 heterocycles. The minimum absolute atomic E-state index is 0.186. The summed E-state index contributed by atoms with van der Waals surface area (Å²) in [7, 11) is 0. The van der Waals surface area contributed by atoms with Crippen molar-refractivity contribution in [2.45, 2.75) is 0 Å². The number of aliphatic carboxylic acids is 1. The molecule has 0 bridgehead atoms. The Hall–Kier alpha value is -0.120. The molecule has 0 aliphatic carbocycles. The van der Waals surface area contributed by atoms with E-state index in [1.54, 1.807) is 0 Å². The van der Waals surface area contributed by atoms with E-state index in [0.717, 1.165) is 6.08 Å². The average molecular weight is 322 g/mol. The van der Waals surface area contributed by atoms with E-state index < -0.39 is 5.97 Å². The van der Waals surface area contributed by atoms with E-state index in [4.69, 9.17) is 63.1 Å². The fourth-order valence-electron chi connectivity index (χ4n) is 0.544. The summed E-state index contributed by atoms with van der Waals surface area (Å²) in [5.74, 6) is -0.981. The predicted molar refractivity (Wildman–Crippen MR) is 69.3 cm³/mol. The Morgan fingerprint density at radius 1 is 1.06 bits per heavy atom. The van der Waals surface area contributed by atoms with E-state index in [9.17, 15) is 4.79 Å². The highest BCUT2D eigenvalue weighted by molar-refractivity contribution is 6.54. The lowest BCUT2D eigenvalue weighted by Crippen LogP contribution is -1.82. The van der Waals surface area contributed by atoms with Crippen molar-refractivity contribution in [2.24, 2.45) is 0 Å². The standard InChI is InChI=1S/C6HCl5.C3H4O2/c7-2-1-3(8)5(10)6(11)4(2)9;1-2-3(4)5/h1H;2H,1H2,(H,4,5). The molecule has 0 aliphatic rings. The molecule has 0 aliphatic heterocycles. The summed E-state index contributed by atoms with van der Waals surface area (Å²) in [5.41, 5.74) is 0. The summed E-state index contributed by atoms with van der Waals surface area (Å²) in [6.07, 6.45) is 0.833. The largest absolute Gasteiger partial charge is 0.478 e. The summed E-state index contributed by atoms with van der Waals surface area (Å²) in [6.45, 7) is 2.96. The topological polar surface area (TPSA) is 37.3 Å². The third-order valence-electron chi connectivity index (χ3n) is 1.23. The molecule has 1 aromatic carbocycles. The van der Waals surface area contributed by atoms with Gasteiger partial charge in [-0.15, -0.1) is 0 Å². The van der Waals surface area contributed by atoms with Crippen molar-refractivity contribution >= 4 is 64.0 Å². The minimum Gasteiger partial charge on any atom is -0.478 e. The van der Waals surface area contributed by atoms with Crippen LogP contribution in [-0.2, 0) is 4.79 Å². The fourth-order valence-corrected chi connectivity index (χ4v) is 1.65. The summed E-state index contributed by atoms with van der Waals surface area (Å²) in [6, 6.07) is 1.44. The normalized spacial score (nSPS) is 9.06. The van der Waals surface area contributed by atoms with E-state index in [0.29, 0.717) is 10.0 Å². The van der Waals surface area contributed by atoms with Crippen LogP contribution in [-0.4, -0.2) is 11.1 Å². The molecule has 0 radical (unpaired) electrons. The second-order valence-electron chi connectivity index (χ2n) is 2.32. The van der Waals surface area contributed by atoms with Crippen LogP contribution in [0.2, 0.25) is 25.1 Å². The lowest BCUT2D eigenvalue weighted by molar-refractivity contribution is -0.131. The van der Waals surface area contributed by atoms with E-state index in [1.807, 2.05) is 0 Å². The van der Waals surface area contributed by atoms with Crippen LogP contribution in [0, 0.1) is 0 Å². The van der Waals surface area contributed by atoms with Crippen LogP contribution in [0.4, 0.5) is 0 Å². The monoisotopic (exact) mass is 320 g/mol. The van der Waals surface area contributed by atoms with E-state index in [-0.39, 0.29) is 15.1 Å². The third-order valence-corrected chi connectivity index (χ3v) is 3.38. The van der Waals surface area contributed by atoms with Gasteiger partial charge in [0.25, 0.3) is 0 Å². The highest BCUT2D eigenvalue weighted by atomic mass is 35.5. The molecule has 0 saturated heterocycles. The first-order valence-electron chi connectivity index (χ1n) is 3.65. The van der Waals surface area contributed by atoms with Gasteiger partial charge in [0.15, 0.2) is 0 Å². The molecule has 1 aromatic rings. The summed E-state index contributed by atoms with van der Waals surface area (Å²) in [4.78, 5) is 9.25. The molecule has 2 nitrogen and oxygen atoms in total. The number of carboxylic acid groups (broad SMARTS) is 1. The highest BCUT2D eigenvalue weighted by Gasteiger charge is 2.10. The summed E-state index contributed by atoms with van der Waals surface area (Å²) >= 11 is 28.2. The van der Waals surface area contributed by atoms with Gasteiger partial charge < -0.3 is 5.11 Å². The predicted octanol–water partition coefficient (Wildman–Crippen LogP) is 5.21. The number of hydrogen-bond donors (Lipinski definition) is 1. The van der Waals surface area contributed by atoms with Crippen molar-refractivity contribution in [1.82, 2.24) is 0 Å². The van der Waals surface area contributed by atoms with Crippen molar-refractivity contribution in [2.75, 3.05) is 0 Å². The Labute approximate surface area is 117 Å². The molecule has 0 aromatic heterocycles. The smallest absolute Gasteiger partial charge is 0.327 e. The lowest BCUT2D eigenvalue weighted by Gasteiger charge is -2.02. The van der Waals surface area contributed by atoms with Gasteiger partial charge in [0, 0.05) is 6.08 Å². The highest BCUT2D eigenvalue weighted by Crippen LogP contribution is 2.40.